The Hall–Kier alpha value is -1.91. The van der Waals surface area contributed by atoms with Crippen molar-refractivity contribution in [2.24, 2.45) is 5.10 Å². The van der Waals surface area contributed by atoms with Gasteiger partial charge < -0.3 is 4.74 Å². The van der Waals surface area contributed by atoms with Crippen molar-refractivity contribution in [2.45, 2.75) is 12.8 Å². The van der Waals surface area contributed by atoms with E-state index in [9.17, 15) is 9.18 Å². The minimum Gasteiger partial charge on any atom is -0.452 e. The number of ether oxygens (including phenoxy) is 1. The van der Waals surface area contributed by atoms with Crippen molar-refractivity contribution >= 4 is 11.8 Å². The Kier molecular flexibility index (Phi) is 5.71. The van der Waals surface area contributed by atoms with E-state index in [1.54, 1.807) is 0 Å². The van der Waals surface area contributed by atoms with Gasteiger partial charge in [-0.1, -0.05) is 30.3 Å². The number of benzene rings is 1. The van der Waals surface area contributed by atoms with Crippen LogP contribution in [-0.2, 0) is 11.2 Å². The number of carbonyl (C=O) groups excluding carboxylic acids is 1. The molecule has 0 aliphatic heterocycles. The second-order valence-corrected chi connectivity index (χ2v) is 3.40. The van der Waals surface area contributed by atoms with Crippen molar-refractivity contribution in [3.63, 3.8) is 0 Å². The van der Waals surface area contributed by atoms with E-state index >= 15 is 0 Å². The molecule has 1 N–H and O–H groups in total. The fraction of sp³-hybridized carbons (Fsp3) is 0.333. The predicted molar refractivity (Wildman–Crippen MR) is 63.7 cm³/mol. The third kappa shape index (κ3) is 5.10. The molecule has 1 aromatic rings. The number of nitrogens with one attached hydrogen (secondary N) is 1. The van der Waals surface area contributed by atoms with E-state index in [0.29, 0.717) is 18.6 Å². The third-order valence-electron chi connectivity index (χ3n) is 2.19. The zero-order chi connectivity index (χ0) is 12.5. The molecule has 0 aliphatic carbocycles. The maximum absolute atomic E-state index is 12.6. The summed E-state index contributed by atoms with van der Waals surface area (Å²) in [5, 5.41) is 3.65. The van der Waals surface area contributed by atoms with Crippen LogP contribution >= 0.6 is 0 Å². The Labute approximate surface area is 99.5 Å². The monoisotopic (exact) mass is 238 g/mol. The quantitative estimate of drug-likeness (QED) is 0.632. The van der Waals surface area contributed by atoms with Gasteiger partial charge in [-0.3, -0.25) is 0 Å². The molecule has 0 saturated heterocycles. The highest BCUT2D eigenvalue weighted by Crippen LogP contribution is 2.03. The normalized spacial score (nSPS) is 11.1. The number of methoxy groups -OCH3 is 1. The number of carbonyl (C=O) groups is 1. The summed E-state index contributed by atoms with van der Waals surface area (Å²) in [6, 6.07) is 9.70. The van der Waals surface area contributed by atoms with Crippen LogP contribution in [0.1, 0.15) is 12.0 Å². The Morgan fingerprint density at radius 2 is 2.12 bits per heavy atom. The summed E-state index contributed by atoms with van der Waals surface area (Å²) in [5.41, 5.74) is 3.50. The number of hydrogen-bond acceptors (Lipinski definition) is 3. The lowest BCUT2D eigenvalue weighted by molar-refractivity contribution is 0.171. The summed E-state index contributed by atoms with van der Waals surface area (Å²) in [6.07, 6.45) is 0.451. The molecule has 0 heterocycles. The van der Waals surface area contributed by atoms with Gasteiger partial charge in [-0.25, -0.2) is 14.6 Å². The van der Waals surface area contributed by atoms with E-state index in [4.69, 9.17) is 0 Å². The largest absolute Gasteiger partial charge is 0.452 e. The summed E-state index contributed by atoms with van der Waals surface area (Å²) < 4.78 is 16.9. The predicted octanol–water partition coefficient (Wildman–Crippen LogP) is 2.30. The summed E-state index contributed by atoms with van der Waals surface area (Å²) in [4.78, 5) is 10.7. The van der Waals surface area contributed by atoms with Crippen molar-refractivity contribution in [1.82, 2.24) is 5.43 Å². The lowest BCUT2D eigenvalue weighted by atomic mass is 10.1. The fourth-order valence-electron chi connectivity index (χ4n) is 1.26. The molecule has 0 spiro atoms. The molecule has 5 heteroatoms. The second-order valence-electron chi connectivity index (χ2n) is 3.40. The molecule has 4 nitrogen and oxygen atoms in total. The lowest BCUT2D eigenvalue weighted by Gasteiger charge is -2.03. The van der Waals surface area contributed by atoms with Crippen LogP contribution in [-0.4, -0.2) is 25.6 Å². The van der Waals surface area contributed by atoms with E-state index in [1.165, 1.54) is 7.11 Å². The highest BCUT2D eigenvalue weighted by molar-refractivity contribution is 5.86. The first-order valence-electron chi connectivity index (χ1n) is 5.25. The van der Waals surface area contributed by atoms with E-state index in [0.717, 1.165) is 5.56 Å². The van der Waals surface area contributed by atoms with E-state index < -0.39 is 12.8 Å². The standard InChI is InChI=1S/C12H15FN2O2/c1-17-12(16)15-14-11(9-13)8-7-10-5-3-2-4-6-10/h2-6H,7-9H2,1H3,(H,15,16)/b14-11-. The van der Waals surface area contributed by atoms with Crippen LogP contribution in [0.5, 0.6) is 0 Å². The van der Waals surface area contributed by atoms with Crippen LogP contribution in [0.15, 0.2) is 35.4 Å². The molecule has 0 aromatic heterocycles. The van der Waals surface area contributed by atoms with Gasteiger partial charge >= 0.3 is 6.09 Å². The van der Waals surface area contributed by atoms with Crippen LogP contribution in [0, 0.1) is 0 Å². The molecule has 1 rings (SSSR count). The van der Waals surface area contributed by atoms with Gasteiger partial charge in [0.05, 0.1) is 12.8 Å². The van der Waals surface area contributed by atoms with Gasteiger partial charge in [0.15, 0.2) is 0 Å². The summed E-state index contributed by atoms with van der Waals surface area (Å²) in [7, 11) is 1.23. The summed E-state index contributed by atoms with van der Waals surface area (Å²) >= 11 is 0. The molecule has 0 atom stereocenters. The van der Waals surface area contributed by atoms with Crippen LogP contribution in [0.25, 0.3) is 0 Å². The van der Waals surface area contributed by atoms with Crippen molar-refractivity contribution in [3.05, 3.63) is 35.9 Å². The number of alkyl halides is 1. The zero-order valence-electron chi connectivity index (χ0n) is 9.65. The Morgan fingerprint density at radius 1 is 1.41 bits per heavy atom. The molecule has 0 saturated carbocycles. The molecule has 0 bridgehead atoms. The molecule has 0 unspecified atom stereocenters. The number of hydrogen-bond donors (Lipinski definition) is 1. The van der Waals surface area contributed by atoms with Gasteiger partial charge in [-0.2, -0.15) is 5.10 Å². The summed E-state index contributed by atoms with van der Waals surface area (Å²) in [5.74, 6) is 0. The Morgan fingerprint density at radius 3 is 2.71 bits per heavy atom. The van der Waals surface area contributed by atoms with Crippen molar-refractivity contribution < 1.29 is 13.9 Å². The van der Waals surface area contributed by atoms with Crippen LogP contribution in [0.4, 0.5) is 9.18 Å². The number of halogens is 1. The molecule has 0 fully saturated rings. The highest BCUT2D eigenvalue weighted by Gasteiger charge is 2.02. The molecule has 0 radical (unpaired) electrons. The maximum atomic E-state index is 12.6. The van der Waals surface area contributed by atoms with Crippen LogP contribution < -0.4 is 5.43 Å². The van der Waals surface area contributed by atoms with Crippen molar-refractivity contribution in [3.8, 4) is 0 Å². The first-order chi connectivity index (χ1) is 8.26. The van der Waals surface area contributed by atoms with E-state index in [2.05, 4.69) is 15.3 Å². The number of amides is 1. The van der Waals surface area contributed by atoms with Gasteiger partial charge in [0, 0.05) is 0 Å². The second kappa shape index (κ2) is 7.38. The first-order valence-corrected chi connectivity index (χ1v) is 5.25. The number of nitrogens with zero attached hydrogens (tertiary/aromatic N) is 1. The van der Waals surface area contributed by atoms with Gasteiger partial charge in [0.1, 0.15) is 6.67 Å². The van der Waals surface area contributed by atoms with Crippen LogP contribution in [0.2, 0.25) is 0 Å². The van der Waals surface area contributed by atoms with Crippen molar-refractivity contribution in [2.75, 3.05) is 13.8 Å². The summed E-state index contributed by atoms with van der Waals surface area (Å²) in [6.45, 7) is -0.684. The molecule has 1 aromatic carbocycles. The minimum absolute atomic E-state index is 0.291. The van der Waals surface area contributed by atoms with Gasteiger partial charge in [-0.05, 0) is 18.4 Å². The molecule has 1 amide bonds. The Bertz CT molecular complexity index is 379. The number of rotatable bonds is 5. The smallest absolute Gasteiger partial charge is 0.427 e. The molecule has 0 aliphatic rings. The molecular formula is C12H15FN2O2. The first kappa shape index (κ1) is 13.2. The van der Waals surface area contributed by atoms with E-state index in [1.807, 2.05) is 30.3 Å². The average molecular weight is 238 g/mol. The lowest BCUT2D eigenvalue weighted by Crippen LogP contribution is -2.20. The molecular weight excluding hydrogens is 223 g/mol. The maximum Gasteiger partial charge on any atom is 0.427 e. The number of aryl methyl sites for hydroxylation is 1. The zero-order valence-corrected chi connectivity index (χ0v) is 9.65. The SMILES string of the molecule is COC(=O)N/N=C(\CF)CCc1ccccc1. The highest BCUT2D eigenvalue weighted by atomic mass is 19.1. The van der Waals surface area contributed by atoms with Gasteiger partial charge in [0.2, 0.25) is 0 Å². The molecule has 17 heavy (non-hydrogen) atoms. The Balaban J connectivity index is 2.44. The minimum atomic E-state index is -0.698. The topological polar surface area (TPSA) is 50.7 Å². The van der Waals surface area contributed by atoms with Gasteiger partial charge in [-0.15, -0.1) is 0 Å². The van der Waals surface area contributed by atoms with E-state index in [-0.39, 0.29) is 0 Å². The number of hydrazone groups is 1. The van der Waals surface area contributed by atoms with Crippen LogP contribution in [0.3, 0.4) is 0 Å². The van der Waals surface area contributed by atoms with Gasteiger partial charge in [0.25, 0.3) is 0 Å². The third-order valence-corrected chi connectivity index (χ3v) is 2.19. The molecule has 92 valence electrons. The van der Waals surface area contributed by atoms with Crippen molar-refractivity contribution in [1.29, 1.82) is 0 Å². The fourth-order valence-corrected chi connectivity index (χ4v) is 1.26. The average Bonchev–Trinajstić information content (AvgIpc) is 2.39.